The molecule has 24 heavy (non-hydrogen) atoms. The Morgan fingerprint density at radius 3 is 2.62 bits per heavy atom. The molecule has 1 atom stereocenters. The van der Waals surface area contributed by atoms with Crippen LogP contribution >= 0.6 is 22.9 Å². The molecule has 4 nitrogen and oxygen atoms in total. The van der Waals surface area contributed by atoms with Crippen LogP contribution in [-0.4, -0.2) is 29.5 Å². The first-order valence-electron chi connectivity index (χ1n) is 6.96. The van der Waals surface area contributed by atoms with Gasteiger partial charge in [-0.25, -0.2) is 13.6 Å². The van der Waals surface area contributed by atoms with Gasteiger partial charge in [-0.2, -0.15) is 0 Å². The second kappa shape index (κ2) is 7.72. The van der Waals surface area contributed by atoms with E-state index in [-0.39, 0.29) is 4.88 Å². The molecule has 2 N–H and O–H groups in total. The van der Waals surface area contributed by atoms with Gasteiger partial charge in [0, 0.05) is 16.3 Å². The maximum atomic E-state index is 12.4. The number of hydrogen-bond donors (Lipinski definition) is 2. The highest BCUT2D eigenvalue weighted by molar-refractivity contribution is 7.17. The molecule has 0 bridgehead atoms. The standard InChI is InChI=1S/C16H14ClF2NO3S/c1-8-5-12(15(21)20-11(16(22)23)7-13(18)19)24-14(8)9-3-2-4-10(17)6-9/h2-6,11,13H,7H2,1H3,(H,20,21)(H,22,23). The Kier molecular flexibility index (Phi) is 5.90. The zero-order chi connectivity index (χ0) is 17.9. The van der Waals surface area contributed by atoms with E-state index in [1.54, 1.807) is 31.2 Å². The van der Waals surface area contributed by atoms with Gasteiger partial charge in [0.05, 0.1) is 4.88 Å². The molecule has 1 amide bonds. The van der Waals surface area contributed by atoms with Crippen molar-refractivity contribution in [1.82, 2.24) is 5.32 Å². The maximum absolute atomic E-state index is 12.4. The molecule has 1 unspecified atom stereocenters. The van der Waals surface area contributed by atoms with Crippen LogP contribution in [0.15, 0.2) is 30.3 Å². The molecule has 128 valence electrons. The predicted octanol–water partition coefficient (Wildman–Crippen LogP) is 4.22. The molecule has 0 saturated carbocycles. The summed E-state index contributed by atoms with van der Waals surface area (Å²) in [7, 11) is 0. The van der Waals surface area contributed by atoms with E-state index in [0.717, 1.165) is 27.3 Å². The SMILES string of the molecule is Cc1cc(C(=O)NC(CC(F)F)C(=O)O)sc1-c1cccc(Cl)c1. The minimum Gasteiger partial charge on any atom is -0.480 e. The second-order valence-corrected chi connectivity index (χ2v) is 6.61. The van der Waals surface area contributed by atoms with Gasteiger partial charge in [0.1, 0.15) is 6.04 Å². The lowest BCUT2D eigenvalue weighted by atomic mass is 10.1. The van der Waals surface area contributed by atoms with Gasteiger partial charge in [-0.15, -0.1) is 11.3 Å². The highest BCUT2D eigenvalue weighted by atomic mass is 35.5. The zero-order valence-electron chi connectivity index (χ0n) is 12.6. The molecule has 0 fully saturated rings. The molecule has 0 spiro atoms. The number of thiophene rings is 1. The molecule has 1 heterocycles. The van der Waals surface area contributed by atoms with Crippen LogP contribution in [0.1, 0.15) is 21.7 Å². The molecule has 1 aromatic carbocycles. The Morgan fingerprint density at radius 2 is 2.04 bits per heavy atom. The number of nitrogens with one attached hydrogen (secondary N) is 1. The van der Waals surface area contributed by atoms with Crippen molar-refractivity contribution in [3.8, 4) is 10.4 Å². The van der Waals surface area contributed by atoms with Crippen LogP contribution in [-0.2, 0) is 4.79 Å². The summed E-state index contributed by atoms with van der Waals surface area (Å²) in [6, 6.07) is 7.05. The number of carboxylic acids is 1. The number of carboxylic acid groups (broad SMARTS) is 1. The summed E-state index contributed by atoms with van der Waals surface area (Å²) in [5, 5.41) is 11.6. The topological polar surface area (TPSA) is 66.4 Å². The van der Waals surface area contributed by atoms with Gasteiger partial charge >= 0.3 is 5.97 Å². The monoisotopic (exact) mass is 373 g/mol. The van der Waals surface area contributed by atoms with Crippen LogP contribution in [0.2, 0.25) is 5.02 Å². The summed E-state index contributed by atoms with van der Waals surface area (Å²) in [5.41, 5.74) is 1.64. The summed E-state index contributed by atoms with van der Waals surface area (Å²) in [5.74, 6) is -2.18. The Labute approximate surface area is 146 Å². The number of carbonyl (C=O) groups excluding carboxylic acids is 1. The third kappa shape index (κ3) is 4.52. The van der Waals surface area contributed by atoms with Crippen molar-refractivity contribution in [2.24, 2.45) is 0 Å². The van der Waals surface area contributed by atoms with Crippen LogP contribution < -0.4 is 5.32 Å². The van der Waals surface area contributed by atoms with Crippen molar-refractivity contribution in [3.05, 3.63) is 45.8 Å². The molecule has 0 saturated heterocycles. The van der Waals surface area contributed by atoms with Crippen molar-refractivity contribution in [2.45, 2.75) is 25.8 Å². The fourth-order valence-corrected chi connectivity index (χ4v) is 3.40. The van der Waals surface area contributed by atoms with Crippen molar-refractivity contribution < 1.29 is 23.5 Å². The van der Waals surface area contributed by atoms with Crippen molar-refractivity contribution in [2.75, 3.05) is 0 Å². The minimum absolute atomic E-state index is 0.253. The van der Waals surface area contributed by atoms with E-state index < -0.39 is 30.8 Å². The van der Waals surface area contributed by atoms with Crippen molar-refractivity contribution in [3.63, 3.8) is 0 Å². The minimum atomic E-state index is -2.82. The highest BCUT2D eigenvalue weighted by Crippen LogP contribution is 2.33. The van der Waals surface area contributed by atoms with E-state index in [9.17, 15) is 18.4 Å². The van der Waals surface area contributed by atoms with Crippen molar-refractivity contribution >= 4 is 34.8 Å². The first-order chi connectivity index (χ1) is 11.3. The lowest BCUT2D eigenvalue weighted by Crippen LogP contribution is -2.41. The fourth-order valence-electron chi connectivity index (χ4n) is 2.14. The highest BCUT2D eigenvalue weighted by Gasteiger charge is 2.25. The third-order valence-corrected chi connectivity index (χ3v) is 4.77. The van der Waals surface area contributed by atoms with Crippen LogP contribution in [0.3, 0.4) is 0 Å². The smallest absolute Gasteiger partial charge is 0.326 e. The number of hydrogen-bond acceptors (Lipinski definition) is 3. The third-order valence-electron chi connectivity index (χ3n) is 3.25. The lowest BCUT2D eigenvalue weighted by molar-refractivity contribution is -0.140. The first kappa shape index (κ1) is 18.4. The number of aryl methyl sites for hydroxylation is 1. The van der Waals surface area contributed by atoms with Crippen LogP contribution in [0, 0.1) is 6.92 Å². The number of amides is 1. The van der Waals surface area contributed by atoms with E-state index in [4.69, 9.17) is 16.7 Å². The molecule has 0 aliphatic rings. The van der Waals surface area contributed by atoms with E-state index in [2.05, 4.69) is 5.32 Å². The van der Waals surface area contributed by atoms with Gasteiger partial charge < -0.3 is 10.4 Å². The van der Waals surface area contributed by atoms with Gasteiger partial charge in [-0.3, -0.25) is 4.79 Å². The van der Waals surface area contributed by atoms with Crippen LogP contribution in [0.5, 0.6) is 0 Å². The van der Waals surface area contributed by atoms with Gasteiger partial charge in [0.25, 0.3) is 5.91 Å². The quantitative estimate of drug-likeness (QED) is 0.796. The van der Waals surface area contributed by atoms with Gasteiger partial charge in [0.2, 0.25) is 6.43 Å². The summed E-state index contributed by atoms with van der Waals surface area (Å²) >= 11 is 7.11. The Balaban J connectivity index is 2.22. The predicted molar refractivity (Wildman–Crippen MR) is 89.0 cm³/mol. The average molecular weight is 374 g/mol. The van der Waals surface area contributed by atoms with Gasteiger partial charge in [-0.05, 0) is 36.2 Å². The number of aliphatic carboxylic acids is 1. The normalized spacial score (nSPS) is 12.2. The largest absolute Gasteiger partial charge is 0.480 e. The van der Waals surface area contributed by atoms with Crippen molar-refractivity contribution in [1.29, 1.82) is 0 Å². The fraction of sp³-hybridized carbons (Fsp3) is 0.250. The molecular formula is C16H14ClF2NO3S. The molecule has 0 aliphatic heterocycles. The van der Waals surface area contributed by atoms with Gasteiger partial charge in [0.15, 0.2) is 0 Å². The number of alkyl halides is 2. The zero-order valence-corrected chi connectivity index (χ0v) is 14.1. The molecule has 1 aromatic heterocycles. The molecule has 8 heteroatoms. The number of benzene rings is 1. The summed E-state index contributed by atoms with van der Waals surface area (Å²) < 4.78 is 24.8. The number of carbonyl (C=O) groups is 2. The van der Waals surface area contributed by atoms with E-state index in [1.165, 1.54) is 0 Å². The number of rotatable bonds is 6. The Bertz CT molecular complexity index is 764. The molecular weight excluding hydrogens is 360 g/mol. The average Bonchev–Trinajstić information content (AvgIpc) is 2.88. The number of halogens is 3. The molecule has 2 rings (SSSR count). The Morgan fingerprint density at radius 1 is 1.33 bits per heavy atom. The second-order valence-electron chi connectivity index (χ2n) is 5.12. The molecule has 0 aliphatic carbocycles. The van der Waals surface area contributed by atoms with E-state index in [0.29, 0.717) is 5.02 Å². The lowest BCUT2D eigenvalue weighted by Gasteiger charge is -2.13. The molecule has 2 aromatic rings. The maximum Gasteiger partial charge on any atom is 0.326 e. The van der Waals surface area contributed by atoms with Crippen LogP contribution in [0.25, 0.3) is 10.4 Å². The van der Waals surface area contributed by atoms with Crippen LogP contribution in [0.4, 0.5) is 8.78 Å². The molecule has 0 radical (unpaired) electrons. The summed E-state index contributed by atoms with van der Waals surface area (Å²) in [6.45, 7) is 1.80. The van der Waals surface area contributed by atoms with Gasteiger partial charge in [-0.1, -0.05) is 23.7 Å². The van der Waals surface area contributed by atoms with E-state index >= 15 is 0 Å². The Hall–Kier alpha value is -1.99. The van der Waals surface area contributed by atoms with E-state index in [1.807, 2.05) is 6.07 Å². The first-order valence-corrected chi connectivity index (χ1v) is 8.15. The summed E-state index contributed by atoms with van der Waals surface area (Å²) in [4.78, 5) is 24.2. The summed E-state index contributed by atoms with van der Waals surface area (Å²) in [6.07, 6.45) is -3.76.